The van der Waals surface area contributed by atoms with Crippen LogP contribution in [0, 0.1) is 0 Å². The van der Waals surface area contributed by atoms with E-state index in [1.807, 2.05) is 12.4 Å². The van der Waals surface area contributed by atoms with Gasteiger partial charge in [-0.25, -0.2) is 0 Å². The molecule has 1 aromatic carbocycles. The summed E-state index contributed by atoms with van der Waals surface area (Å²) in [5.41, 5.74) is 2.72. The van der Waals surface area contributed by atoms with E-state index in [1.165, 1.54) is 11.1 Å². The fraction of sp³-hybridized carbons (Fsp3) is 0.333. The summed E-state index contributed by atoms with van der Waals surface area (Å²) < 4.78 is 0. The molecule has 0 aliphatic heterocycles. The average Bonchev–Trinajstić information content (AvgIpc) is 2.89. The largest absolute Gasteiger partial charge is 0.367 e. The van der Waals surface area contributed by atoms with E-state index >= 15 is 0 Å². The van der Waals surface area contributed by atoms with Crippen LogP contribution in [0.25, 0.3) is 0 Å². The van der Waals surface area contributed by atoms with Gasteiger partial charge in [0, 0.05) is 25.0 Å². The maximum absolute atomic E-state index is 3.60. The van der Waals surface area contributed by atoms with Gasteiger partial charge in [-0.2, -0.15) is 0 Å². The Morgan fingerprint density at radius 2 is 1.94 bits per heavy atom. The van der Waals surface area contributed by atoms with Gasteiger partial charge >= 0.3 is 0 Å². The second-order valence-electron chi connectivity index (χ2n) is 4.40. The van der Waals surface area contributed by atoms with Crippen molar-refractivity contribution in [1.29, 1.82) is 0 Å². The van der Waals surface area contributed by atoms with E-state index in [2.05, 4.69) is 53.6 Å². The van der Waals surface area contributed by atoms with Crippen molar-refractivity contribution in [3.05, 3.63) is 59.9 Å². The summed E-state index contributed by atoms with van der Waals surface area (Å²) in [6.07, 6.45) is 6.26. The molecule has 0 saturated heterocycles. The van der Waals surface area contributed by atoms with Gasteiger partial charge in [0.15, 0.2) is 0 Å². The molecular formula is C15H20N2. The van der Waals surface area contributed by atoms with Crippen LogP contribution in [-0.4, -0.2) is 11.0 Å². The molecule has 0 saturated carbocycles. The Balaban J connectivity index is 1.85. The van der Waals surface area contributed by atoms with Gasteiger partial charge in [-0.15, -0.1) is 0 Å². The first-order valence-corrected chi connectivity index (χ1v) is 6.27. The molecule has 0 spiro atoms. The fourth-order valence-electron chi connectivity index (χ4n) is 1.99. The molecule has 1 unspecified atom stereocenters. The van der Waals surface area contributed by atoms with E-state index in [9.17, 15) is 0 Å². The topological polar surface area (TPSA) is 27.8 Å². The molecule has 2 N–H and O–H groups in total. The van der Waals surface area contributed by atoms with Gasteiger partial charge in [-0.3, -0.25) is 0 Å². The van der Waals surface area contributed by atoms with Crippen molar-refractivity contribution in [3.8, 4) is 0 Å². The Morgan fingerprint density at radius 3 is 2.59 bits per heavy atom. The highest BCUT2D eigenvalue weighted by molar-refractivity contribution is 5.16. The molecule has 17 heavy (non-hydrogen) atoms. The van der Waals surface area contributed by atoms with Crippen LogP contribution in [-0.2, 0) is 13.0 Å². The minimum atomic E-state index is 0.548. The van der Waals surface area contributed by atoms with Gasteiger partial charge in [0.1, 0.15) is 0 Å². The quantitative estimate of drug-likeness (QED) is 0.781. The molecule has 1 aromatic heterocycles. The highest BCUT2D eigenvalue weighted by Crippen LogP contribution is 2.06. The van der Waals surface area contributed by atoms with Gasteiger partial charge in [0.05, 0.1) is 0 Å². The summed E-state index contributed by atoms with van der Waals surface area (Å²) in [5, 5.41) is 3.60. The number of H-pyrrole nitrogens is 1. The summed E-state index contributed by atoms with van der Waals surface area (Å²) in [5.74, 6) is 0. The highest BCUT2D eigenvalue weighted by atomic mass is 14.9. The Labute approximate surface area is 103 Å². The second kappa shape index (κ2) is 6.26. The number of benzene rings is 1. The van der Waals surface area contributed by atoms with Crippen LogP contribution < -0.4 is 5.32 Å². The Hall–Kier alpha value is -1.54. The fourth-order valence-corrected chi connectivity index (χ4v) is 1.99. The Bertz CT molecular complexity index is 406. The molecule has 0 bridgehead atoms. The molecule has 0 aliphatic carbocycles. The summed E-state index contributed by atoms with van der Waals surface area (Å²) in [4.78, 5) is 3.08. The zero-order valence-corrected chi connectivity index (χ0v) is 10.3. The average molecular weight is 228 g/mol. The number of aromatic amines is 1. The van der Waals surface area contributed by atoms with Crippen LogP contribution in [0.4, 0.5) is 0 Å². The zero-order valence-electron chi connectivity index (χ0n) is 10.3. The van der Waals surface area contributed by atoms with Crippen LogP contribution in [0.3, 0.4) is 0 Å². The molecule has 90 valence electrons. The lowest BCUT2D eigenvalue weighted by atomic mass is 10.0. The molecule has 2 rings (SSSR count). The summed E-state index contributed by atoms with van der Waals surface area (Å²) in [7, 11) is 0. The number of hydrogen-bond acceptors (Lipinski definition) is 1. The smallest absolute Gasteiger partial charge is 0.0223 e. The van der Waals surface area contributed by atoms with E-state index in [0.29, 0.717) is 6.04 Å². The van der Waals surface area contributed by atoms with Crippen molar-refractivity contribution < 1.29 is 0 Å². The standard InChI is InChI=1S/C15H20N2/c1-2-15(10-13-6-4-3-5-7-13)17-12-14-8-9-16-11-14/h3-9,11,15-17H,2,10,12H2,1H3. The van der Waals surface area contributed by atoms with Gasteiger partial charge < -0.3 is 10.3 Å². The SMILES string of the molecule is CCC(Cc1ccccc1)NCc1cc[nH]c1. The monoisotopic (exact) mass is 228 g/mol. The van der Waals surface area contributed by atoms with Gasteiger partial charge in [-0.1, -0.05) is 37.3 Å². The van der Waals surface area contributed by atoms with E-state index in [4.69, 9.17) is 0 Å². The van der Waals surface area contributed by atoms with E-state index in [0.717, 1.165) is 19.4 Å². The number of aromatic nitrogens is 1. The Kier molecular flexibility index (Phi) is 4.39. The third kappa shape index (κ3) is 3.75. The minimum absolute atomic E-state index is 0.548. The first-order valence-electron chi connectivity index (χ1n) is 6.27. The third-order valence-corrected chi connectivity index (χ3v) is 3.07. The van der Waals surface area contributed by atoms with E-state index in [1.54, 1.807) is 0 Å². The van der Waals surface area contributed by atoms with Crippen molar-refractivity contribution in [2.24, 2.45) is 0 Å². The second-order valence-corrected chi connectivity index (χ2v) is 4.40. The summed E-state index contributed by atoms with van der Waals surface area (Å²) in [6, 6.07) is 13.3. The molecule has 1 heterocycles. The van der Waals surface area contributed by atoms with Crippen LogP contribution in [0.1, 0.15) is 24.5 Å². The molecule has 1 atom stereocenters. The van der Waals surface area contributed by atoms with Crippen molar-refractivity contribution >= 4 is 0 Å². The molecule has 2 nitrogen and oxygen atoms in total. The number of rotatable bonds is 6. The van der Waals surface area contributed by atoms with Gasteiger partial charge in [0.25, 0.3) is 0 Å². The number of hydrogen-bond donors (Lipinski definition) is 2. The molecule has 2 heteroatoms. The van der Waals surface area contributed by atoms with E-state index < -0.39 is 0 Å². The maximum Gasteiger partial charge on any atom is 0.0223 e. The minimum Gasteiger partial charge on any atom is -0.367 e. The predicted molar refractivity (Wildman–Crippen MR) is 71.9 cm³/mol. The molecule has 0 amide bonds. The first-order chi connectivity index (χ1) is 8.38. The van der Waals surface area contributed by atoms with Crippen LogP contribution >= 0.6 is 0 Å². The van der Waals surface area contributed by atoms with Crippen molar-refractivity contribution in [1.82, 2.24) is 10.3 Å². The van der Waals surface area contributed by atoms with Crippen LogP contribution in [0.5, 0.6) is 0 Å². The lowest BCUT2D eigenvalue weighted by molar-refractivity contribution is 0.494. The van der Waals surface area contributed by atoms with Gasteiger partial charge in [-0.05, 0) is 30.0 Å². The summed E-state index contributed by atoms with van der Waals surface area (Å²) in [6.45, 7) is 3.17. The molecule has 2 aromatic rings. The highest BCUT2D eigenvalue weighted by Gasteiger charge is 2.06. The third-order valence-electron chi connectivity index (χ3n) is 3.07. The van der Waals surface area contributed by atoms with Crippen molar-refractivity contribution in [3.63, 3.8) is 0 Å². The zero-order chi connectivity index (χ0) is 11.9. The van der Waals surface area contributed by atoms with Crippen molar-refractivity contribution in [2.45, 2.75) is 32.4 Å². The van der Waals surface area contributed by atoms with Crippen LogP contribution in [0.2, 0.25) is 0 Å². The maximum atomic E-state index is 3.60. The van der Waals surface area contributed by atoms with Gasteiger partial charge in [0.2, 0.25) is 0 Å². The first kappa shape index (κ1) is 11.9. The normalized spacial score (nSPS) is 12.5. The summed E-state index contributed by atoms with van der Waals surface area (Å²) >= 11 is 0. The lowest BCUT2D eigenvalue weighted by Crippen LogP contribution is -2.29. The van der Waals surface area contributed by atoms with Crippen LogP contribution in [0.15, 0.2) is 48.8 Å². The molecule has 0 radical (unpaired) electrons. The Morgan fingerprint density at radius 1 is 1.12 bits per heavy atom. The lowest BCUT2D eigenvalue weighted by Gasteiger charge is -2.16. The number of nitrogens with one attached hydrogen (secondary N) is 2. The van der Waals surface area contributed by atoms with Crippen molar-refractivity contribution in [2.75, 3.05) is 0 Å². The van der Waals surface area contributed by atoms with E-state index in [-0.39, 0.29) is 0 Å². The molecular weight excluding hydrogens is 208 g/mol. The predicted octanol–water partition coefficient (Wildman–Crippen LogP) is 3.13. The molecule has 0 fully saturated rings. The molecule has 0 aliphatic rings.